The molecule has 3 unspecified atom stereocenters. The summed E-state index contributed by atoms with van der Waals surface area (Å²) in [7, 11) is 0. The molecule has 1 aromatic carbocycles. The molecule has 1 saturated carbocycles. The predicted octanol–water partition coefficient (Wildman–Crippen LogP) is 3.78. The molecule has 0 radical (unpaired) electrons. The van der Waals surface area contributed by atoms with Gasteiger partial charge in [0.1, 0.15) is 5.82 Å². The van der Waals surface area contributed by atoms with Crippen LogP contribution in [0.25, 0.3) is 0 Å². The van der Waals surface area contributed by atoms with Crippen LogP contribution in [0.1, 0.15) is 38.7 Å². The van der Waals surface area contributed by atoms with Gasteiger partial charge in [0.15, 0.2) is 0 Å². The minimum Gasteiger partial charge on any atom is -0.313 e. The van der Waals surface area contributed by atoms with Gasteiger partial charge in [-0.2, -0.15) is 0 Å². The molecule has 0 amide bonds. The van der Waals surface area contributed by atoms with Crippen LogP contribution in [0.2, 0.25) is 0 Å². The lowest BCUT2D eigenvalue weighted by Crippen LogP contribution is -2.40. The summed E-state index contributed by atoms with van der Waals surface area (Å²) in [5, 5.41) is 3.61. The summed E-state index contributed by atoms with van der Waals surface area (Å²) in [4.78, 5) is 0. The number of halogens is 1. The first-order valence-corrected chi connectivity index (χ1v) is 7.13. The minimum atomic E-state index is -0.0793. The fraction of sp³-hybridized carbons (Fsp3) is 0.625. The van der Waals surface area contributed by atoms with Crippen molar-refractivity contribution < 1.29 is 4.39 Å². The highest BCUT2D eigenvalue weighted by atomic mass is 19.1. The third kappa shape index (κ3) is 3.55. The zero-order chi connectivity index (χ0) is 13.0. The molecule has 100 valence electrons. The Labute approximate surface area is 110 Å². The smallest absolute Gasteiger partial charge is 0.126 e. The molecular formula is C16H24FN. The molecule has 3 atom stereocenters. The Kier molecular flexibility index (Phi) is 4.76. The maximum atomic E-state index is 13.5. The van der Waals surface area contributed by atoms with E-state index in [2.05, 4.69) is 19.2 Å². The number of benzene rings is 1. The van der Waals surface area contributed by atoms with Gasteiger partial charge in [0, 0.05) is 6.04 Å². The zero-order valence-corrected chi connectivity index (χ0v) is 11.5. The lowest BCUT2D eigenvalue weighted by atomic mass is 9.80. The van der Waals surface area contributed by atoms with Crippen molar-refractivity contribution in [1.82, 2.24) is 5.32 Å². The Morgan fingerprint density at radius 2 is 2.00 bits per heavy atom. The van der Waals surface area contributed by atoms with Gasteiger partial charge in [-0.15, -0.1) is 0 Å². The molecule has 0 saturated heterocycles. The maximum Gasteiger partial charge on any atom is 0.126 e. The predicted molar refractivity (Wildman–Crippen MR) is 74.1 cm³/mol. The van der Waals surface area contributed by atoms with Gasteiger partial charge >= 0.3 is 0 Å². The second-order valence-electron chi connectivity index (χ2n) is 5.80. The summed E-state index contributed by atoms with van der Waals surface area (Å²) < 4.78 is 13.5. The standard InChI is InChI=1S/C16H24FN/c1-12-7-8-13(2)16(11-12)18-10-9-14-5-3-4-6-15(14)17/h3-6,12-13,16,18H,7-11H2,1-2H3. The van der Waals surface area contributed by atoms with Crippen LogP contribution in [0.15, 0.2) is 24.3 Å². The van der Waals surface area contributed by atoms with Crippen molar-refractivity contribution in [3.05, 3.63) is 35.6 Å². The fourth-order valence-electron chi connectivity index (χ4n) is 2.91. The second-order valence-corrected chi connectivity index (χ2v) is 5.80. The van der Waals surface area contributed by atoms with E-state index in [4.69, 9.17) is 0 Å². The van der Waals surface area contributed by atoms with E-state index in [9.17, 15) is 4.39 Å². The van der Waals surface area contributed by atoms with Crippen LogP contribution in [0.4, 0.5) is 4.39 Å². The van der Waals surface area contributed by atoms with Crippen molar-refractivity contribution in [1.29, 1.82) is 0 Å². The van der Waals surface area contributed by atoms with E-state index >= 15 is 0 Å². The molecule has 0 bridgehead atoms. The summed E-state index contributed by atoms with van der Waals surface area (Å²) in [6, 6.07) is 7.69. The molecule has 1 N–H and O–H groups in total. The van der Waals surface area contributed by atoms with Crippen LogP contribution in [0.5, 0.6) is 0 Å². The highest BCUT2D eigenvalue weighted by Gasteiger charge is 2.24. The SMILES string of the molecule is CC1CCC(C)C(NCCc2ccccc2F)C1. The Bertz CT molecular complexity index is 377. The van der Waals surface area contributed by atoms with Gasteiger partial charge in [-0.1, -0.05) is 38.5 Å². The minimum absolute atomic E-state index is 0.0793. The monoisotopic (exact) mass is 249 g/mol. The Balaban J connectivity index is 1.79. The third-order valence-corrected chi connectivity index (χ3v) is 4.22. The zero-order valence-electron chi connectivity index (χ0n) is 11.5. The largest absolute Gasteiger partial charge is 0.313 e. The number of hydrogen-bond donors (Lipinski definition) is 1. The molecule has 1 nitrogen and oxygen atoms in total. The molecule has 0 heterocycles. The van der Waals surface area contributed by atoms with Gasteiger partial charge in [0.2, 0.25) is 0 Å². The maximum absolute atomic E-state index is 13.5. The summed E-state index contributed by atoms with van der Waals surface area (Å²) in [5.74, 6) is 1.50. The first-order chi connectivity index (χ1) is 8.66. The van der Waals surface area contributed by atoms with Gasteiger partial charge in [0.05, 0.1) is 0 Å². The summed E-state index contributed by atoms with van der Waals surface area (Å²) in [5.41, 5.74) is 0.821. The van der Waals surface area contributed by atoms with Gasteiger partial charge in [0.25, 0.3) is 0 Å². The Morgan fingerprint density at radius 1 is 1.22 bits per heavy atom. The average Bonchev–Trinajstić information content (AvgIpc) is 2.36. The van der Waals surface area contributed by atoms with E-state index in [0.29, 0.717) is 6.04 Å². The molecular weight excluding hydrogens is 225 g/mol. The molecule has 18 heavy (non-hydrogen) atoms. The lowest BCUT2D eigenvalue weighted by Gasteiger charge is -2.33. The Morgan fingerprint density at radius 3 is 2.78 bits per heavy atom. The van der Waals surface area contributed by atoms with Crippen molar-refractivity contribution in [3.8, 4) is 0 Å². The van der Waals surface area contributed by atoms with Crippen LogP contribution >= 0.6 is 0 Å². The first-order valence-electron chi connectivity index (χ1n) is 7.13. The topological polar surface area (TPSA) is 12.0 Å². The van der Waals surface area contributed by atoms with Crippen LogP contribution in [-0.4, -0.2) is 12.6 Å². The van der Waals surface area contributed by atoms with Crippen molar-refractivity contribution in [2.24, 2.45) is 11.8 Å². The van der Waals surface area contributed by atoms with E-state index in [-0.39, 0.29) is 5.82 Å². The third-order valence-electron chi connectivity index (χ3n) is 4.22. The molecule has 2 heteroatoms. The molecule has 0 spiro atoms. The summed E-state index contributed by atoms with van der Waals surface area (Å²) in [6.45, 7) is 5.53. The van der Waals surface area contributed by atoms with E-state index in [1.54, 1.807) is 12.1 Å². The van der Waals surface area contributed by atoms with Gasteiger partial charge in [-0.25, -0.2) is 4.39 Å². The normalized spacial score (nSPS) is 28.3. The quantitative estimate of drug-likeness (QED) is 0.856. The lowest BCUT2D eigenvalue weighted by molar-refractivity contribution is 0.229. The van der Waals surface area contributed by atoms with E-state index in [1.807, 2.05) is 12.1 Å². The number of hydrogen-bond acceptors (Lipinski definition) is 1. The summed E-state index contributed by atoms with van der Waals surface area (Å²) >= 11 is 0. The van der Waals surface area contributed by atoms with Crippen LogP contribution < -0.4 is 5.32 Å². The van der Waals surface area contributed by atoms with Crippen molar-refractivity contribution in [2.45, 2.75) is 45.6 Å². The molecule has 1 aliphatic carbocycles. The number of rotatable bonds is 4. The molecule has 1 fully saturated rings. The molecule has 1 aromatic rings. The van der Waals surface area contributed by atoms with E-state index in [1.165, 1.54) is 19.3 Å². The number of nitrogens with one attached hydrogen (secondary N) is 1. The van der Waals surface area contributed by atoms with Gasteiger partial charge in [-0.3, -0.25) is 0 Å². The molecule has 2 rings (SSSR count). The van der Waals surface area contributed by atoms with Crippen molar-refractivity contribution in [3.63, 3.8) is 0 Å². The van der Waals surface area contributed by atoms with Crippen LogP contribution in [0.3, 0.4) is 0 Å². The molecule has 1 aliphatic rings. The first kappa shape index (κ1) is 13.5. The fourth-order valence-corrected chi connectivity index (χ4v) is 2.91. The highest BCUT2D eigenvalue weighted by Crippen LogP contribution is 2.28. The van der Waals surface area contributed by atoms with E-state index in [0.717, 1.165) is 30.4 Å². The second kappa shape index (κ2) is 6.33. The summed E-state index contributed by atoms with van der Waals surface area (Å²) in [6.07, 6.45) is 4.72. The molecule has 0 aromatic heterocycles. The average molecular weight is 249 g/mol. The van der Waals surface area contributed by atoms with Crippen molar-refractivity contribution >= 4 is 0 Å². The van der Waals surface area contributed by atoms with Crippen LogP contribution in [0, 0.1) is 17.7 Å². The van der Waals surface area contributed by atoms with E-state index < -0.39 is 0 Å². The highest BCUT2D eigenvalue weighted by molar-refractivity contribution is 5.17. The van der Waals surface area contributed by atoms with Gasteiger partial charge < -0.3 is 5.32 Å². The Hall–Kier alpha value is -0.890. The van der Waals surface area contributed by atoms with Gasteiger partial charge in [-0.05, 0) is 49.3 Å². The molecule has 0 aliphatic heterocycles. The van der Waals surface area contributed by atoms with Crippen molar-refractivity contribution in [2.75, 3.05) is 6.54 Å². The van der Waals surface area contributed by atoms with Crippen LogP contribution in [-0.2, 0) is 6.42 Å².